The van der Waals surface area contributed by atoms with Crippen LogP contribution in [0.25, 0.3) is 22.4 Å². The molecular formula is C19H9ClF6N6. The molecule has 4 aromatic heterocycles. The summed E-state index contributed by atoms with van der Waals surface area (Å²) in [7, 11) is 0. The molecule has 0 amide bonds. The predicted octanol–water partition coefficient (Wildman–Crippen LogP) is 5.92. The maximum Gasteiger partial charge on any atom is 0.420 e. The summed E-state index contributed by atoms with van der Waals surface area (Å²) in [6.07, 6.45) is -6.27. The molecule has 13 heteroatoms. The lowest BCUT2D eigenvalue weighted by Gasteiger charge is -2.13. The maximum absolute atomic E-state index is 13.3. The van der Waals surface area contributed by atoms with Crippen molar-refractivity contribution >= 4 is 34.3 Å². The van der Waals surface area contributed by atoms with Gasteiger partial charge in [0.1, 0.15) is 16.4 Å². The zero-order chi connectivity index (χ0) is 23.1. The highest BCUT2D eigenvalue weighted by Crippen LogP contribution is 2.36. The second-order valence-corrected chi connectivity index (χ2v) is 6.70. The number of aromatic nitrogens is 5. The summed E-state index contributed by atoms with van der Waals surface area (Å²) in [5, 5.41) is 2.28. The van der Waals surface area contributed by atoms with Gasteiger partial charge in [0, 0.05) is 24.0 Å². The molecule has 4 rings (SSSR count). The van der Waals surface area contributed by atoms with Crippen molar-refractivity contribution in [2.45, 2.75) is 12.4 Å². The van der Waals surface area contributed by atoms with Crippen molar-refractivity contribution in [3.8, 4) is 11.4 Å². The van der Waals surface area contributed by atoms with Gasteiger partial charge in [-0.15, -0.1) is 0 Å². The van der Waals surface area contributed by atoms with Gasteiger partial charge in [-0.2, -0.15) is 26.3 Å². The molecule has 0 aliphatic carbocycles. The van der Waals surface area contributed by atoms with E-state index in [0.717, 1.165) is 6.07 Å². The Morgan fingerprint density at radius 2 is 1.53 bits per heavy atom. The average molecular weight is 471 g/mol. The van der Waals surface area contributed by atoms with Crippen LogP contribution in [0.4, 0.5) is 38.0 Å². The van der Waals surface area contributed by atoms with E-state index >= 15 is 0 Å². The summed E-state index contributed by atoms with van der Waals surface area (Å²) in [4.78, 5) is 19.2. The highest BCUT2D eigenvalue weighted by atomic mass is 35.5. The first-order chi connectivity index (χ1) is 15.0. The van der Waals surface area contributed by atoms with Crippen molar-refractivity contribution in [2.75, 3.05) is 5.32 Å². The van der Waals surface area contributed by atoms with Gasteiger partial charge in [0.05, 0.1) is 16.9 Å². The first kappa shape index (κ1) is 21.7. The Morgan fingerprint density at radius 1 is 0.781 bits per heavy atom. The molecule has 164 valence electrons. The summed E-state index contributed by atoms with van der Waals surface area (Å²) in [6.45, 7) is 0. The van der Waals surface area contributed by atoms with Gasteiger partial charge in [-0.25, -0.2) is 19.9 Å². The summed E-state index contributed by atoms with van der Waals surface area (Å²) in [5.74, 6) is -0.219. The number of nitrogens with zero attached hydrogens (tertiary/aromatic N) is 5. The molecule has 1 N–H and O–H groups in total. The lowest BCUT2D eigenvalue weighted by atomic mass is 10.1. The van der Waals surface area contributed by atoms with E-state index in [4.69, 9.17) is 11.6 Å². The number of hydrogen-bond acceptors (Lipinski definition) is 6. The summed E-state index contributed by atoms with van der Waals surface area (Å²) in [5.41, 5.74) is -2.17. The summed E-state index contributed by atoms with van der Waals surface area (Å²) < 4.78 is 78.4. The Labute approximate surface area is 180 Å². The smallest absolute Gasteiger partial charge is 0.323 e. The topological polar surface area (TPSA) is 76.5 Å². The van der Waals surface area contributed by atoms with Crippen LogP contribution in [0, 0.1) is 0 Å². The highest BCUT2D eigenvalue weighted by Gasteiger charge is 2.35. The predicted molar refractivity (Wildman–Crippen MR) is 103 cm³/mol. The number of fused-ring (bicyclic) bond motifs is 1. The molecule has 6 nitrogen and oxygen atoms in total. The van der Waals surface area contributed by atoms with Crippen LogP contribution in [0.2, 0.25) is 5.15 Å². The van der Waals surface area contributed by atoms with Crippen LogP contribution >= 0.6 is 11.6 Å². The van der Waals surface area contributed by atoms with Gasteiger partial charge in [-0.3, -0.25) is 4.98 Å². The number of hydrogen-bond donors (Lipinski definition) is 1. The van der Waals surface area contributed by atoms with Gasteiger partial charge in [0.15, 0.2) is 5.65 Å². The quantitative estimate of drug-likeness (QED) is 0.296. The van der Waals surface area contributed by atoms with E-state index in [2.05, 4.69) is 30.2 Å². The average Bonchev–Trinajstić information content (AvgIpc) is 2.72. The first-order valence-corrected chi connectivity index (χ1v) is 9.07. The van der Waals surface area contributed by atoms with Gasteiger partial charge in [0.25, 0.3) is 0 Å². The number of anilines is 2. The van der Waals surface area contributed by atoms with E-state index in [-0.39, 0.29) is 23.0 Å². The van der Waals surface area contributed by atoms with E-state index in [1.54, 1.807) is 0 Å². The van der Waals surface area contributed by atoms with Gasteiger partial charge in [0.2, 0.25) is 5.95 Å². The third-order valence-electron chi connectivity index (χ3n) is 4.25. The highest BCUT2D eigenvalue weighted by molar-refractivity contribution is 6.30. The van der Waals surface area contributed by atoms with Crippen molar-refractivity contribution in [3.63, 3.8) is 0 Å². The van der Waals surface area contributed by atoms with Crippen molar-refractivity contribution < 1.29 is 26.3 Å². The van der Waals surface area contributed by atoms with E-state index in [1.165, 1.54) is 36.7 Å². The van der Waals surface area contributed by atoms with Crippen LogP contribution in [0.5, 0.6) is 0 Å². The maximum atomic E-state index is 13.3. The molecule has 0 spiro atoms. The third-order valence-corrected chi connectivity index (χ3v) is 4.54. The Kier molecular flexibility index (Phi) is 5.33. The minimum atomic E-state index is -4.71. The van der Waals surface area contributed by atoms with E-state index in [9.17, 15) is 26.3 Å². The molecule has 0 aliphatic rings. The van der Waals surface area contributed by atoms with Crippen molar-refractivity contribution in [1.82, 2.24) is 24.9 Å². The fourth-order valence-electron chi connectivity index (χ4n) is 2.84. The third kappa shape index (κ3) is 4.26. The van der Waals surface area contributed by atoms with Crippen LogP contribution in [0.15, 0.2) is 48.9 Å². The van der Waals surface area contributed by atoms with Crippen LogP contribution in [-0.2, 0) is 12.4 Å². The van der Waals surface area contributed by atoms with E-state index in [0.29, 0.717) is 17.3 Å². The zero-order valence-corrected chi connectivity index (χ0v) is 16.3. The van der Waals surface area contributed by atoms with Gasteiger partial charge in [-0.05, 0) is 30.3 Å². The minimum absolute atomic E-state index is 0.0519. The van der Waals surface area contributed by atoms with Crippen LogP contribution < -0.4 is 5.32 Å². The SMILES string of the molecule is FC(F)(F)c1cnc(Nc2ccnc3nc(-c4ncccc4C(F)(F)F)ccc23)nc1Cl. The minimum Gasteiger partial charge on any atom is -0.323 e. The molecule has 0 bridgehead atoms. The number of halogens is 7. The molecule has 0 saturated carbocycles. The number of alkyl halides is 6. The molecule has 0 fully saturated rings. The zero-order valence-electron chi connectivity index (χ0n) is 15.5. The molecule has 4 aromatic rings. The second kappa shape index (κ2) is 7.86. The lowest BCUT2D eigenvalue weighted by molar-refractivity contribution is -0.138. The fraction of sp³-hybridized carbons (Fsp3) is 0.105. The fourth-order valence-corrected chi connectivity index (χ4v) is 3.08. The van der Waals surface area contributed by atoms with Gasteiger partial charge in [-0.1, -0.05) is 11.6 Å². The van der Waals surface area contributed by atoms with Crippen LogP contribution in [0.3, 0.4) is 0 Å². The normalized spacial score (nSPS) is 12.2. The molecule has 32 heavy (non-hydrogen) atoms. The second-order valence-electron chi connectivity index (χ2n) is 6.34. The van der Waals surface area contributed by atoms with Gasteiger partial charge >= 0.3 is 12.4 Å². The summed E-state index contributed by atoms with van der Waals surface area (Å²) >= 11 is 5.60. The largest absolute Gasteiger partial charge is 0.420 e. The monoisotopic (exact) mass is 470 g/mol. The van der Waals surface area contributed by atoms with E-state index < -0.39 is 28.6 Å². The molecule has 0 unspecified atom stereocenters. The van der Waals surface area contributed by atoms with E-state index in [1.807, 2.05) is 0 Å². The number of pyridine rings is 3. The lowest BCUT2D eigenvalue weighted by Crippen LogP contribution is -2.09. The molecule has 0 atom stereocenters. The molecular weight excluding hydrogens is 462 g/mol. The molecule has 0 radical (unpaired) electrons. The Hall–Kier alpha value is -3.54. The van der Waals surface area contributed by atoms with Gasteiger partial charge < -0.3 is 5.32 Å². The molecule has 0 saturated heterocycles. The van der Waals surface area contributed by atoms with Crippen molar-refractivity contribution in [3.05, 3.63) is 65.2 Å². The number of rotatable bonds is 3. The Morgan fingerprint density at radius 3 is 2.22 bits per heavy atom. The van der Waals surface area contributed by atoms with Crippen molar-refractivity contribution in [1.29, 1.82) is 0 Å². The van der Waals surface area contributed by atoms with Crippen LogP contribution in [0.1, 0.15) is 11.1 Å². The Balaban J connectivity index is 1.72. The Bertz CT molecular complexity index is 1310. The van der Waals surface area contributed by atoms with Crippen LogP contribution in [-0.4, -0.2) is 24.9 Å². The standard InChI is InChI=1S/C19H9ClF6N6/c20-15-11(19(24,25)26)8-29-17(32-15)31-12-5-7-28-16-9(12)3-4-13(30-16)14-10(18(21,22)23)2-1-6-27-14/h1-8H,(H,28,29,30,31,32). The van der Waals surface area contributed by atoms with Crippen molar-refractivity contribution in [2.24, 2.45) is 0 Å². The molecule has 0 aliphatic heterocycles. The molecule has 0 aromatic carbocycles. The first-order valence-electron chi connectivity index (χ1n) is 8.69. The summed E-state index contributed by atoms with van der Waals surface area (Å²) in [6, 6.07) is 6.32. The molecule has 4 heterocycles. The number of nitrogens with one attached hydrogen (secondary N) is 1.